The van der Waals surface area contributed by atoms with E-state index in [9.17, 15) is 9.59 Å². The Morgan fingerprint density at radius 2 is 1.75 bits per heavy atom. The fourth-order valence-electron chi connectivity index (χ4n) is 2.52. The number of aromatic nitrogens is 1. The molecule has 0 aliphatic rings. The predicted molar refractivity (Wildman–Crippen MR) is 94.8 cm³/mol. The number of nitrogens with one attached hydrogen (secondary N) is 3. The van der Waals surface area contributed by atoms with Crippen LogP contribution in [0, 0.1) is 6.92 Å². The monoisotopic (exact) mass is 321 g/mol. The minimum Gasteiger partial charge on any atom is -0.334 e. The fraction of sp³-hybridized carbons (Fsp3) is 0.158. The molecule has 0 saturated heterocycles. The molecule has 0 aliphatic carbocycles. The molecule has 5 nitrogen and oxygen atoms in total. The third-order valence-corrected chi connectivity index (χ3v) is 3.81. The van der Waals surface area contributed by atoms with Crippen molar-refractivity contribution in [1.29, 1.82) is 0 Å². The summed E-state index contributed by atoms with van der Waals surface area (Å²) in [7, 11) is 0. The number of H-pyrrole nitrogens is 1. The van der Waals surface area contributed by atoms with Crippen LogP contribution in [0.15, 0.2) is 59.4 Å². The molecule has 2 aromatic carbocycles. The summed E-state index contributed by atoms with van der Waals surface area (Å²) in [6, 6.07) is 17.0. The second kappa shape index (κ2) is 7.00. The molecule has 0 aliphatic heterocycles. The van der Waals surface area contributed by atoms with Crippen LogP contribution >= 0.6 is 0 Å². The summed E-state index contributed by atoms with van der Waals surface area (Å²) in [6.45, 7) is 2.62. The quantitative estimate of drug-likeness (QED) is 0.691. The summed E-state index contributed by atoms with van der Waals surface area (Å²) in [4.78, 5) is 26.8. The van der Waals surface area contributed by atoms with Crippen molar-refractivity contribution in [3.05, 3.63) is 81.6 Å². The molecule has 3 aromatic rings. The Kier molecular flexibility index (Phi) is 4.61. The highest BCUT2D eigenvalue weighted by atomic mass is 16.2. The molecular formula is C19H19N3O2. The largest absolute Gasteiger partial charge is 0.334 e. The summed E-state index contributed by atoms with van der Waals surface area (Å²) in [5, 5.41) is 6.45. The maximum Gasteiger partial charge on any atom is 0.315 e. The van der Waals surface area contributed by atoms with Gasteiger partial charge in [-0.2, -0.15) is 0 Å². The Morgan fingerprint density at radius 3 is 2.54 bits per heavy atom. The number of pyridine rings is 1. The molecule has 3 rings (SSSR count). The molecule has 5 heteroatoms. The van der Waals surface area contributed by atoms with E-state index in [1.807, 2.05) is 61.5 Å². The van der Waals surface area contributed by atoms with E-state index in [1.54, 1.807) is 0 Å². The lowest BCUT2D eigenvalue weighted by Crippen LogP contribution is -2.35. The number of amides is 2. The zero-order valence-electron chi connectivity index (χ0n) is 13.4. The number of rotatable bonds is 4. The van der Waals surface area contributed by atoms with E-state index in [1.165, 1.54) is 0 Å². The Bertz CT molecular complexity index is 917. The molecule has 0 spiro atoms. The van der Waals surface area contributed by atoms with Gasteiger partial charge in [0, 0.05) is 24.2 Å². The van der Waals surface area contributed by atoms with Gasteiger partial charge in [0.25, 0.3) is 5.56 Å². The van der Waals surface area contributed by atoms with Crippen LogP contribution in [0.4, 0.5) is 4.79 Å². The predicted octanol–water partition coefficient (Wildman–Crippen LogP) is 2.84. The number of hydrogen-bond donors (Lipinski definition) is 3. The first-order valence-corrected chi connectivity index (χ1v) is 7.80. The number of carbonyl (C=O) groups excluding carboxylic acids is 1. The summed E-state index contributed by atoms with van der Waals surface area (Å²) in [5.41, 5.74) is 3.28. The summed E-state index contributed by atoms with van der Waals surface area (Å²) in [6.07, 6.45) is 0. The fourth-order valence-corrected chi connectivity index (χ4v) is 2.52. The van der Waals surface area contributed by atoms with Crippen molar-refractivity contribution >= 4 is 16.9 Å². The van der Waals surface area contributed by atoms with Crippen molar-refractivity contribution in [2.75, 3.05) is 0 Å². The van der Waals surface area contributed by atoms with Gasteiger partial charge < -0.3 is 15.6 Å². The summed E-state index contributed by atoms with van der Waals surface area (Å²) < 4.78 is 0. The molecule has 2 amide bonds. The second-order valence-corrected chi connectivity index (χ2v) is 5.74. The van der Waals surface area contributed by atoms with Gasteiger partial charge in [0.15, 0.2) is 0 Å². The van der Waals surface area contributed by atoms with Crippen molar-refractivity contribution < 1.29 is 4.79 Å². The minimum absolute atomic E-state index is 0.180. The standard InChI is InChI=1S/C19H19N3O2/c1-13-7-8-17-15(9-13)10-16(18(23)22-17)12-21-19(24)20-11-14-5-3-2-4-6-14/h2-10H,11-12H2,1H3,(H,22,23)(H2,20,21,24). The molecule has 0 bridgehead atoms. The average molecular weight is 321 g/mol. The maximum atomic E-state index is 12.1. The number of carbonyl (C=O) groups is 1. The third-order valence-electron chi connectivity index (χ3n) is 3.81. The number of benzene rings is 2. The van der Waals surface area contributed by atoms with Crippen LogP contribution in [0.2, 0.25) is 0 Å². The number of urea groups is 1. The molecule has 0 unspecified atom stereocenters. The normalized spacial score (nSPS) is 10.5. The Labute approximate surface area is 139 Å². The highest BCUT2D eigenvalue weighted by Gasteiger charge is 2.06. The zero-order valence-corrected chi connectivity index (χ0v) is 13.4. The van der Waals surface area contributed by atoms with Crippen molar-refractivity contribution in [3.8, 4) is 0 Å². The molecule has 0 atom stereocenters. The van der Waals surface area contributed by atoms with E-state index >= 15 is 0 Å². The van der Waals surface area contributed by atoms with Gasteiger partial charge in [-0.15, -0.1) is 0 Å². The van der Waals surface area contributed by atoms with E-state index in [4.69, 9.17) is 0 Å². The molecular weight excluding hydrogens is 302 g/mol. The van der Waals surface area contributed by atoms with E-state index in [0.717, 1.165) is 22.0 Å². The Morgan fingerprint density at radius 1 is 1.00 bits per heavy atom. The SMILES string of the molecule is Cc1ccc2[nH]c(=O)c(CNC(=O)NCc3ccccc3)cc2c1. The highest BCUT2D eigenvalue weighted by Crippen LogP contribution is 2.13. The minimum atomic E-state index is -0.303. The zero-order chi connectivity index (χ0) is 16.9. The molecule has 0 fully saturated rings. The number of aryl methyl sites for hydroxylation is 1. The van der Waals surface area contributed by atoms with Crippen LogP contribution in [-0.4, -0.2) is 11.0 Å². The van der Waals surface area contributed by atoms with Crippen LogP contribution in [0.3, 0.4) is 0 Å². The first kappa shape index (κ1) is 15.8. The van der Waals surface area contributed by atoms with Gasteiger partial charge in [-0.25, -0.2) is 4.79 Å². The number of aromatic amines is 1. The van der Waals surface area contributed by atoms with Gasteiger partial charge in [-0.3, -0.25) is 4.79 Å². The maximum absolute atomic E-state index is 12.1. The van der Waals surface area contributed by atoms with Crippen molar-refractivity contribution in [2.45, 2.75) is 20.0 Å². The summed E-state index contributed by atoms with van der Waals surface area (Å²) >= 11 is 0. The van der Waals surface area contributed by atoms with Crippen molar-refractivity contribution in [1.82, 2.24) is 15.6 Å². The van der Waals surface area contributed by atoms with Crippen LogP contribution in [0.1, 0.15) is 16.7 Å². The van der Waals surface area contributed by atoms with Gasteiger partial charge in [-0.1, -0.05) is 42.0 Å². The van der Waals surface area contributed by atoms with Gasteiger partial charge in [-0.05, 0) is 36.1 Å². The molecule has 0 saturated carbocycles. The van der Waals surface area contributed by atoms with E-state index in [2.05, 4.69) is 15.6 Å². The van der Waals surface area contributed by atoms with Crippen LogP contribution in [0.5, 0.6) is 0 Å². The number of fused-ring (bicyclic) bond motifs is 1. The Balaban J connectivity index is 1.63. The van der Waals surface area contributed by atoms with Crippen LogP contribution < -0.4 is 16.2 Å². The molecule has 1 heterocycles. The topological polar surface area (TPSA) is 74.0 Å². The van der Waals surface area contributed by atoms with Gasteiger partial charge in [0.05, 0.1) is 0 Å². The smallest absolute Gasteiger partial charge is 0.315 e. The van der Waals surface area contributed by atoms with Crippen LogP contribution in [0.25, 0.3) is 10.9 Å². The van der Waals surface area contributed by atoms with E-state index in [-0.39, 0.29) is 18.1 Å². The van der Waals surface area contributed by atoms with E-state index < -0.39 is 0 Å². The lowest BCUT2D eigenvalue weighted by molar-refractivity contribution is 0.240. The highest BCUT2D eigenvalue weighted by molar-refractivity contribution is 5.80. The first-order chi connectivity index (χ1) is 11.6. The molecule has 0 radical (unpaired) electrons. The van der Waals surface area contributed by atoms with Crippen LogP contribution in [-0.2, 0) is 13.1 Å². The third kappa shape index (κ3) is 3.81. The second-order valence-electron chi connectivity index (χ2n) is 5.74. The van der Waals surface area contributed by atoms with Gasteiger partial charge in [0.2, 0.25) is 0 Å². The lowest BCUT2D eigenvalue weighted by atomic mass is 10.1. The van der Waals surface area contributed by atoms with Crippen molar-refractivity contribution in [3.63, 3.8) is 0 Å². The molecule has 24 heavy (non-hydrogen) atoms. The molecule has 122 valence electrons. The molecule has 3 N–H and O–H groups in total. The number of hydrogen-bond acceptors (Lipinski definition) is 2. The van der Waals surface area contributed by atoms with Gasteiger partial charge in [0.1, 0.15) is 0 Å². The van der Waals surface area contributed by atoms with Crippen molar-refractivity contribution in [2.24, 2.45) is 0 Å². The first-order valence-electron chi connectivity index (χ1n) is 7.80. The van der Waals surface area contributed by atoms with Gasteiger partial charge >= 0.3 is 6.03 Å². The lowest BCUT2D eigenvalue weighted by Gasteiger charge is -2.08. The Hall–Kier alpha value is -3.08. The summed E-state index contributed by atoms with van der Waals surface area (Å²) in [5.74, 6) is 0. The average Bonchev–Trinajstić information content (AvgIpc) is 2.59. The molecule has 1 aromatic heterocycles. The van der Waals surface area contributed by atoms with E-state index in [0.29, 0.717) is 12.1 Å².